The first-order valence-electron chi connectivity index (χ1n) is 4.54. The van der Waals surface area contributed by atoms with Gasteiger partial charge in [-0.05, 0) is 36.9 Å². The summed E-state index contributed by atoms with van der Waals surface area (Å²) in [6, 6.07) is 4.06. The number of halogens is 1. The van der Waals surface area contributed by atoms with Crippen molar-refractivity contribution < 1.29 is 13.6 Å². The van der Waals surface area contributed by atoms with Gasteiger partial charge in [0.25, 0.3) is 5.22 Å². The molecule has 0 radical (unpaired) electrons. The first kappa shape index (κ1) is 10.9. The normalized spacial score (nSPS) is 10.4. The Balaban J connectivity index is 2.36. The van der Waals surface area contributed by atoms with E-state index in [0.717, 1.165) is 0 Å². The highest BCUT2D eigenvalue weighted by molar-refractivity contribution is 7.99. The third-order valence-corrected chi connectivity index (χ3v) is 2.88. The Morgan fingerprint density at radius 1 is 1.50 bits per heavy atom. The first-order valence-corrected chi connectivity index (χ1v) is 5.36. The minimum atomic E-state index is -0.429. The number of Topliss-reactive ketones (excluding diaryl/α,β-unsaturated/α-hetero) is 1. The second kappa shape index (κ2) is 4.49. The van der Waals surface area contributed by atoms with Crippen LogP contribution in [-0.2, 0) is 0 Å². The lowest BCUT2D eigenvalue weighted by Crippen LogP contribution is -1.96. The van der Waals surface area contributed by atoms with Crippen molar-refractivity contribution in [2.24, 2.45) is 0 Å². The molecular formula is C11H8FNO2S. The van der Waals surface area contributed by atoms with Crippen LogP contribution in [0.4, 0.5) is 4.39 Å². The predicted molar refractivity (Wildman–Crippen MR) is 57.0 cm³/mol. The molecule has 1 aromatic carbocycles. The molecule has 0 spiro atoms. The fourth-order valence-corrected chi connectivity index (χ4v) is 2.08. The van der Waals surface area contributed by atoms with Gasteiger partial charge in [-0.1, -0.05) is 0 Å². The van der Waals surface area contributed by atoms with Crippen molar-refractivity contribution in [1.82, 2.24) is 4.98 Å². The minimum Gasteiger partial charge on any atom is -0.440 e. The van der Waals surface area contributed by atoms with E-state index in [4.69, 9.17) is 4.42 Å². The molecule has 1 heterocycles. The number of carbonyl (C=O) groups excluding carboxylic acids is 1. The molecule has 2 rings (SSSR count). The number of oxazole rings is 1. The third kappa shape index (κ3) is 2.30. The lowest BCUT2D eigenvalue weighted by Gasteiger charge is -2.03. The van der Waals surface area contributed by atoms with Gasteiger partial charge in [0.2, 0.25) is 0 Å². The molecule has 0 aliphatic rings. The molecule has 82 valence electrons. The molecule has 0 aliphatic carbocycles. The van der Waals surface area contributed by atoms with Gasteiger partial charge < -0.3 is 4.42 Å². The summed E-state index contributed by atoms with van der Waals surface area (Å²) in [6.07, 6.45) is 2.96. The van der Waals surface area contributed by atoms with E-state index in [-0.39, 0.29) is 5.78 Å². The zero-order chi connectivity index (χ0) is 11.5. The quantitative estimate of drug-likeness (QED) is 0.769. The maximum Gasteiger partial charge on any atom is 0.260 e. The van der Waals surface area contributed by atoms with Crippen LogP contribution in [0.5, 0.6) is 0 Å². The smallest absolute Gasteiger partial charge is 0.260 e. The molecule has 5 heteroatoms. The van der Waals surface area contributed by atoms with Gasteiger partial charge in [0.15, 0.2) is 5.78 Å². The molecule has 0 unspecified atom stereocenters. The first-order chi connectivity index (χ1) is 7.66. The van der Waals surface area contributed by atoms with Crippen LogP contribution in [0.2, 0.25) is 0 Å². The SMILES string of the molecule is CC(=O)c1cc(F)ccc1Sc1ncco1. The van der Waals surface area contributed by atoms with Gasteiger partial charge in [-0.3, -0.25) is 4.79 Å². The van der Waals surface area contributed by atoms with Crippen LogP contribution >= 0.6 is 11.8 Å². The molecule has 2 aromatic rings. The summed E-state index contributed by atoms with van der Waals surface area (Å²) in [7, 11) is 0. The highest BCUT2D eigenvalue weighted by atomic mass is 32.2. The van der Waals surface area contributed by atoms with Gasteiger partial charge in [-0.15, -0.1) is 0 Å². The van der Waals surface area contributed by atoms with Crippen molar-refractivity contribution in [2.75, 3.05) is 0 Å². The van der Waals surface area contributed by atoms with Crippen molar-refractivity contribution in [3.63, 3.8) is 0 Å². The zero-order valence-electron chi connectivity index (χ0n) is 8.44. The second-order valence-corrected chi connectivity index (χ2v) is 4.09. The van der Waals surface area contributed by atoms with Crippen LogP contribution in [0.15, 0.2) is 45.2 Å². The summed E-state index contributed by atoms with van der Waals surface area (Å²) in [5, 5.41) is 0.425. The van der Waals surface area contributed by atoms with Crippen molar-refractivity contribution in [1.29, 1.82) is 0 Å². The molecular weight excluding hydrogens is 229 g/mol. The third-order valence-electron chi connectivity index (χ3n) is 1.93. The molecule has 0 N–H and O–H groups in total. The van der Waals surface area contributed by atoms with E-state index >= 15 is 0 Å². The van der Waals surface area contributed by atoms with Crippen LogP contribution < -0.4 is 0 Å². The van der Waals surface area contributed by atoms with Crippen LogP contribution in [0.1, 0.15) is 17.3 Å². The van der Waals surface area contributed by atoms with Gasteiger partial charge in [0, 0.05) is 10.5 Å². The number of carbonyl (C=O) groups is 1. The topological polar surface area (TPSA) is 43.1 Å². The summed E-state index contributed by atoms with van der Waals surface area (Å²) >= 11 is 1.19. The van der Waals surface area contributed by atoms with Crippen LogP contribution in [0.25, 0.3) is 0 Å². The Hall–Kier alpha value is -1.62. The Morgan fingerprint density at radius 3 is 2.94 bits per heavy atom. The standard InChI is InChI=1S/C11H8FNO2S/c1-7(14)9-6-8(12)2-3-10(9)16-11-13-4-5-15-11/h2-6H,1H3. The monoisotopic (exact) mass is 237 g/mol. The van der Waals surface area contributed by atoms with Crippen LogP contribution in [0, 0.1) is 5.82 Å². The number of ketones is 1. The zero-order valence-corrected chi connectivity index (χ0v) is 9.25. The number of rotatable bonds is 3. The molecule has 3 nitrogen and oxygen atoms in total. The molecule has 1 aromatic heterocycles. The molecule has 0 bridgehead atoms. The van der Waals surface area contributed by atoms with Crippen molar-refractivity contribution in [2.45, 2.75) is 17.0 Å². The molecule has 0 saturated carbocycles. The number of aromatic nitrogens is 1. The maximum atomic E-state index is 13.0. The van der Waals surface area contributed by atoms with E-state index in [1.807, 2.05) is 0 Å². The highest BCUT2D eigenvalue weighted by Crippen LogP contribution is 2.29. The Kier molecular flexibility index (Phi) is 3.05. The maximum absolute atomic E-state index is 13.0. The Labute approximate surface area is 95.7 Å². The minimum absolute atomic E-state index is 0.187. The van der Waals surface area contributed by atoms with Gasteiger partial charge in [0.05, 0.1) is 6.20 Å². The second-order valence-electron chi connectivity index (χ2n) is 3.10. The van der Waals surface area contributed by atoms with Gasteiger partial charge in [-0.2, -0.15) is 0 Å². The lowest BCUT2D eigenvalue weighted by atomic mass is 10.1. The fraction of sp³-hybridized carbons (Fsp3) is 0.0909. The van der Waals surface area contributed by atoms with E-state index in [1.165, 1.54) is 43.3 Å². The number of hydrogen-bond donors (Lipinski definition) is 0. The average Bonchev–Trinajstić information content (AvgIpc) is 2.73. The van der Waals surface area contributed by atoms with Crippen LogP contribution in [-0.4, -0.2) is 10.8 Å². The van der Waals surface area contributed by atoms with Gasteiger partial charge >= 0.3 is 0 Å². The molecule has 0 saturated heterocycles. The predicted octanol–water partition coefficient (Wildman–Crippen LogP) is 3.17. The summed E-state index contributed by atoms with van der Waals surface area (Å²) in [4.78, 5) is 15.9. The summed E-state index contributed by atoms with van der Waals surface area (Å²) in [5.41, 5.74) is 0.336. The average molecular weight is 237 g/mol. The van der Waals surface area contributed by atoms with E-state index < -0.39 is 5.82 Å². The highest BCUT2D eigenvalue weighted by Gasteiger charge is 2.11. The lowest BCUT2D eigenvalue weighted by molar-refractivity contribution is 0.101. The summed E-state index contributed by atoms with van der Waals surface area (Å²) in [6.45, 7) is 1.40. The number of nitrogens with zero attached hydrogens (tertiary/aromatic N) is 1. The van der Waals surface area contributed by atoms with E-state index in [2.05, 4.69) is 4.98 Å². The number of hydrogen-bond acceptors (Lipinski definition) is 4. The van der Waals surface area contributed by atoms with E-state index in [9.17, 15) is 9.18 Å². The van der Waals surface area contributed by atoms with E-state index in [1.54, 1.807) is 6.07 Å². The Bertz CT molecular complexity index is 511. The largest absolute Gasteiger partial charge is 0.440 e. The van der Waals surface area contributed by atoms with E-state index in [0.29, 0.717) is 15.7 Å². The molecule has 0 fully saturated rings. The van der Waals surface area contributed by atoms with Crippen molar-refractivity contribution in [3.8, 4) is 0 Å². The van der Waals surface area contributed by atoms with Crippen molar-refractivity contribution >= 4 is 17.5 Å². The summed E-state index contributed by atoms with van der Waals surface area (Å²) in [5.74, 6) is -0.615. The molecule has 0 aliphatic heterocycles. The number of benzene rings is 1. The van der Waals surface area contributed by atoms with Crippen LogP contribution in [0.3, 0.4) is 0 Å². The van der Waals surface area contributed by atoms with Gasteiger partial charge in [0.1, 0.15) is 12.1 Å². The molecule has 0 amide bonds. The molecule has 0 atom stereocenters. The van der Waals surface area contributed by atoms with Crippen molar-refractivity contribution in [3.05, 3.63) is 42.0 Å². The Morgan fingerprint density at radius 2 is 2.31 bits per heavy atom. The molecule has 16 heavy (non-hydrogen) atoms. The van der Waals surface area contributed by atoms with Gasteiger partial charge in [-0.25, -0.2) is 9.37 Å². The summed E-state index contributed by atoms with van der Waals surface area (Å²) < 4.78 is 18.0. The fourth-order valence-electron chi connectivity index (χ4n) is 1.22.